The SMILES string of the molecule is Nc1ccc(Oc2c(F)cc(C3(c4cc(F)c(Oc5ccc(N)cc5)c(C5CCCCC5)c4)CCCCC3)cc2C2CCCCC2)cc1. The van der Waals surface area contributed by atoms with Crippen molar-refractivity contribution in [2.45, 2.75) is 114 Å². The summed E-state index contributed by atoms with van der Waals surface area (Å²) in [4.78, 5) is 0. The summed E-state index contributed by atoms with van der Waals surface area (Å²) in [5, 5.41) is 0. The van der Waals surface area contributed by atoms with E-state index >= 15 is 8.78 Å². The van der Waals surface area contributed by atoms with Gasteiger partial charge in [-0.25, -0.2) is 8.78 Å². The summed E-state index contributed by atoms with van der Waals surface area (Å²) in [6.45, 7) is 0. The maximum atomic E-state index is 16.6. The van der Waals surface area contributed by atoms with Crippen molar-refractivity contribution in [3.63, 3.8) is 0 Å². The molecule has 0 aromatic heterocycles. The maximum Gasteiger partial charge on any atom is 0.166 e. The van der Waals surface area contributed by atoms with Crippen LogP contribution in [0.2, 0.25) is 0 Å². The molecule has 3 aliphatic rings. The highest BCUT2D eigenvalue weighted by molar-refractivity contribution is 5.54. The van der Waals surface area contributed by atoms with Crippen molar-refractivity contribution in [1.82, 2.24) is 0 Å². The average molecular weight is 651 g/mol. The van der Waals surface area contributed by atoms with Crippen LogP contribution < -0.4 is 20.9 Å². The smallest absolute Gasteiger partial charge is 0.166 e. The average Bonchev–Trinajstić information content (AvgIpc) is 3.12. The molecule has 4 aromatic carbocycles. The molecule has 3 fully saturated rings. The Balaban J connectivity index is 1.35. The molecular formula is C42H48F2N2O2. The fourth-order valence-corrected chi connectivity index (χ4v) is 8.64. The summed E-state index contributed by atoms with van der Waals surface area (Å²) in [7, 11) is 0. The summed E-state index contributed by atoms with van der Waals surface area (Å²) in [5.41, 5.74) is 16.3. The van der Waals surface area contributed by atoms with Gasteiger partial charge in [0.05, 0.1) is 0 Å². The minimum Gasteiger partial charge on any atom is -0.454 e. The lowest BCUT2D eigenvalue weighted by Gasteiger charge is -2.40. The van der Waals surface area contributed by atoms with Gasteiger partial charge in [-0.05, 0) is 122 Å². The van der Waals surface area contributed by atoms with E-state index in [1.54, 1.807) is 60.7 Å². The van der Waals surface area contributed by atoms with Gasteiger partial charge in [0.25, 0.3) is 0 Å². The lowest BCUT2D eigenvalue weighted by atomic mass is 9.64. The van der Waals surface area contributed by atoms with E-state index in [1.165, 1.54) is 12.8 Å². The standard InChI is InChI=1S/C42H48F2N2O2/c43-38-26-30(24-36(28-10-4-1-5-11-28)40(38)47-34-18-14-32(45)15-19-34)42(22-8-3-9-23-42)31-25-37(29-12-6-2-7-13-29)41(39(44)27-31)48-35-20-16-33(46)17-21-35/h14-21,24-29H,1-13,22-23,45-46H2. The Bertz CT molecular complexity index is 1580. The van der Waals surface area contributed by atoms with Gasteiger partial charge in [-0.1, -0.05) is 69.9 Å². The lowest BCUT2D eigenvalue weighted by Crippen LogP contribution is -2.31. The molecule has 4 N–H and O–H groups in total. The van der Waals surface area contributed by atoms with Gasteiger partial charge in [0.2, 0.25) is 0 Å². The molecule has 0 unspecified atom stereocenters. The Kier molecular flexibility index (Phi) is 9.61. The first-order chi connectivity index (χ1) is 23.4. The molecule has 0 amide bonds. The van der Waals surface area contributed by atoms with Crippen molar-refractivity contribution in [1.29, 1.82) is 0 Å². The van der Waals surface area contributed by atoms with Crippen LogP contribution in [0.1, 0.15) is 130 Å². The number of halogens is 2. The van der Waals surface area contributed by atoms with Crippen LogP contribution in [-0.4, -0.2) is 0 Å². The summed E-state index contributed by atoms with van der Waals surface area (Å²) < 4.78 is 45.8. The number of ether oxygens (including phenoxy) is 2. The van der Waals surface area contributed by atoms with E-state index in [4.69, 9.17) is 20.9 Å². The van der Waals surface area contributed by atoms with Crippen molar-refractivity contribution in [3.8, 4) is 23.0 Å². The summed E-state index contributed by atoms with van der Waals surface area (Å²) in [5.74, 6) is 1.46. The number of rotatable bonds is 8. The predicted molar refractivity (Wildman–Crippen MR) is 190 cm³/mol. The monoisotopic (exact) mass is 650 g/mol. The second-order valence-corrected chi connectivity index (χ2v) is 14.4. The van der Waals surface area contributed by atoms with Crippen molar-refractivity contribution in [2.75, 3.05) is 11.5 Å². The molecule has 4 aromatic rings. The lowest BCUT2D eigenvalue weighted by molar-refractivity contribution is 0.337. The largest absolute Gasteiger partial charge is 0.454 e. The Morgan fingerprint density at radius 2 is 0.875 bits per heavy atom. The molecule has 0 radical (unpaired) electrons. The number of hydrogen-bond acceptors (Lipinski definition) is 4. The van der Waals surface area contributed by atoms with Crippen LogP contribution in [0.25, 0.3) is 0 Å². The number of benzene rings is 4. The van der Waals surface area contributed by atoms with E-state index in [0.717, 1.165) is 106 Å². The predicted octanol–water partition coefficient (Wildman–Crippen LogP) is 12.1. The molecule has 0 bridgehead atoms. The Morgan fingerprint density at radius 1 is 0.500 bits per heavy atom. The van der Waals surface area contributed by atoms with Crippen molar-refractivity contribution >= 4 is 11.4 Å². The Hall–Kier alpha value is -4.06. The van der Waals surface area contributed by atoms with Gasteiger partial charge in [0.1, 0.15) is 11.5 Å². The number of nitrogens with two attached hydrogens (primary N) is 2. The molecule has 3 saturated carbocycles. The van der Waals surface area contributed by atoms with Crippen molar-refractivity contribution < 1.29 is 18.3 Å². The van der Waals surface area contributed by atoms with Gasteiger partial charge < -0.3 is 20.9 Å². The fourth-order valence-electron chi connectivity index (χ4n) is 8.64. The van der Waals surface area contributed by atoms with Crippen LogP contribution in [0.4, 0.5) is 20.2 Å². The maximum absolute atomic E-state index is 16.6. The molecule has 0 aliphatic heterocycles. The second kappa shape index (κ2) is 14.2. The summed E-state index contributed by atoms with van der Waals surface area (Å²) >= 11 is 0. The van der Waals surface area contributed by atoms with E-state index in [0.29, 0.717) is 34.4 Å². The summed E-state index contributed by atoms with van der Waals surface area (Å²) in [6.07, 6.45) is 15.7. The zero-order valence-electron chi connectivity index (χ0n) is 27.9. The molecule has 3 aliphatic carbocycles. The topological polar surface area (TPSA) is 70.5 Å². The third-order valence-electron chi connectivity index (χ3n) is 11.2. The molecule has 252 valence electrons. The minimum absolute atomic E-state index is 0.211. The quantitative estimate of drug-likeness (QED) is 0.186. The second-order valence-electron chi connectivity index (χ2n) is 14.4. The summed E-state index contributed by atoms with van der Waals surface area (Å²) in [6, 6.07) is 22.1. The van der Waals surface area contributed by atoms with Gasteiger partial charge >= 0.3 is 0 Å². The normalized spacial score (nSPS) is 18.8. The molecule has 4 nitrogen and oxygen atoms in total. The van der Waals surface area contributed by atoms with E-state index in [-0.39, 0.29) is 23.5 Å². The third-order valence-corrected chi connectivity index (χ3v) is 11.2. The first kappa shape index (κ1) is 32.5. The van der Waals surface area contributed by atoms with Gasteiger partial charge in [0.15, 0.2) is 23.1 Å². The molecule has 0 heterocycles. The van der Waals surface area contributed by atoms with Crippen LogP contribution >= 0.6 is 0 Å². The fraction of sp³-hybridized carbons (Fsp3) is 0.429. The molecule has 0 spiro atoms. The van der Waals surface area contributed by atoms with Gasteiger partial charge in [-0.2, -0.15) is 0 Å². The molecule has 6 heteroatoms. The van der Waals surface area contributed by atoms with Crippen LogP contribution in [0, 0.1) is 11.6 Å². The first-order valence-corrected chi connectivity index (χ1v) is 18.1. The van der Waals surface area contributed by atoms with Crippen LogP contribution in [0.5, 0.6) is 23.0 Å². The van der Waals surface area contributed by atoms with E-state index in [2.05, 4.69) is 12.1 Å². The molecular weight excluding hydrogens is 602 g/mol. The van der Waals surface area contributed by atoms with Crippen molar-refractivity contribution in [2.24, 2.45) is 0 Å². The highest BCUT2D eigenvalue weighted by Crippen LogP contribution is 2.51. The van der Waals surface area contributed by atoms with Crippen molar-refractivity contribution in [3.05, 3.63) is 107 Å². The molecule has 0 atom stereocenters. The number of nitrogen functional groups attached to an aromatic ring is 2. The third kappa shape index (κ3) is 6.76. The molecule has 0 saturated heterocycles. The minimum atomic E-state index is -0.508. The van der Waals surface area contributed by atoms with E-state index in [9.17, 15) is 0 Å². The zero-order valence-corrected chi connectivity index (χ0v) is 27.9. The highest BCUT2D eigenvalue weighted by Gasteiger charge is 2.39. The van der Waals surface area contributed by atoms with E-state index in [1.807, 2.05) is 0 Å². The zero-order chi connectivity index (χ0) is 33.1. The van der Waals surface area contributed by atoms with Gasteiger partial charge in [-0.3, -0.25) is 0 Å². The van der Waals surface area contributed by atoms with Crippen LogP contribution in [0.3, 0.4) is 0 Å². The highest BCUT2D eigenvalue weighted by atomic mass is 19.1. The molecule has 7 rings (SSSR count). The van der Waals surface area contributed by atoms with E-state index < -0.39 is 5.41 Å². The Morgan fingerprint density at radius 3 is 1.27 bits per heavy atom. The number of anilines is 2. The van der Waals surface area contributed by atoms with Gasteiger partial charge in [-0.15, -0.1) is 0 Å². The molecule has 48 heavy (non-hydrogen) atoms. The first-order valence-electron chi connectivity index (χ1n) is 18.1. The number of hydrogen-bond donors (Lipinski definition) is 2. The van der Waals surface area contributed by atoms with Crippen LogP contribution in [0.15, 0.2) is 72.8 Å². The van der Waals surface area contributed by atoms with Crippen LogP contribution in [-0.2, 0) is 5.41 Å². The Labute approximate surface area is 283 Å². The van der Waals surface area contributed by atoms with Gasteiger partial charge in [0, 0.05) is 27.9 Å².